The van der Waals surface area contributed by atoms with Crippen molar-refractivity contribution in [1.29, 1.82) is 0 Å². The Hall–Kier alpha value is -1.75. The van der Waals surface area contributed by atoms with Crippen molar-refractivity contribution >= 4 is 17.3 Å². The van der Waals surface area contributed by atoms with Gasteiger partial charge in [0.05, 0.1) is 13.0 Å². The number of benzene rings is 1. The number of ether oxygens (including phenoxy) is 1. The molecule has 0 saturated heterocycles. The Labute approximate surface area is 105 Å². The number of thiocarbonyl (C=S) groups is 1. The van der Waals surface area contributed by atoms with E-state index in [0.717, 1.165) is 11.5 Å². The molecule has 1 heterocycles. The van der Waals surface area contributed by atoms with E-state index in [9.17, 15) is 0 Å². The summed E-state index contributed by atoms with van der Waals surface area (Å²) in [6.07, 6.45) is 2.18. The van der Waals surface area contributed by atoms with E-state index in [1.165, 1.54) is 0 Å². The van der Waals surface area contributed by atoms with Gasteiger partial charge in [-0.2, -0.15) is 0 Å². The van der Waals surface area contributed by atoms with E-state index in [-0.39, 0.29) is 0 Å². The second-order valence-electron chi connectivity index (χ2n) is 3.43. The van der Waals surface area contributed by atoms with E-state index < -0.39 is 0 Å². The van der Waals surface area contributed by atoms with Gasteiger partial charge in [-0.1, -0.05) is 18.2 Å². The van der Waals surface area contributed by atoms with Gasteiger partial charge in [-0.3, -0.25) is 4.57 Å². The molecule has 88 valence electrons. The Balaban J connectivity index is 2.20. The Morgan fingerprint density at radius 2 is 2.12 bits per heavy atom. The van der Waals surface area contributed by atoms with E-state index in [2.05, 4.69) is 10.2 Å². The Morgan fingerprint density at radius 3 is 2.82 bits per heavy atom. The van der Waals surface area contributed by atoms with E-state index in [1.807, 2.05) is 41.8 Å². The summed E-state index contributed by atoms with van der Waals surface area (Å²) in [6, 6.07) is 9.91. The zero-order valence-corrected chi connectivity index (χ0v) is 10.4. The summed E-state index contributed by atoms with van der Waals surface area (Å²) in [4.78, 5) is 0. The molecule has 0 radical (unpaired) electrons. The topological polar surface area (TPSA) is 39.9 Å². The summed E-state index contributed by atoms with van der Waals surface area (Å²) in [5.41, 5.74) is 1.02. The number of para-hydroxylation sites is 1. The van der Waals surface area contributed by atoms with Crippen LogP contribution in [-0.4, -0.2) is 26.4 Å². The van der Waals surface area contributed by atoms with E-state index in [0.29, 0.717) is 18.1 Å². The lowest BCUT2D eigenvalue weighted by Gasteiger charge is -2.07. The van der Waals surface area contributed by atoms with E-state index in [4.69, 9.17) is 17.0 Å². The van der Waals surface area contributed by atoms with Gasteiger partial charge in [-0.15, -0.1) is 10.2 Å². The maximum Gasteiger partial charge on any atom is 0.167 e. The van der Waals surface area contributed by atoms with Crippen molar-refractivity contribution in [2.75, 3.05) is 6.61 Å². The molecule has 0 amide bonds. The van der Waals surface area contributed by atoms with Gasteiger partial charge in [-0.25, -0.2) is 0 Å². The maximum absolute atomic E-state index is 5.26. The molecule has 0 aliphatic carbocycles. The SMILES string of the molecule is CCOC(=S)Cc1nncn1-c1ccccc1. The molecule has 0 aliphatic heterocycles. The van der Waals surface area contributed by atoms with Gasteiger partial charge < -0.3 is 4.74 Å². The molecular formula is C12H13N3OS. The van der Waals surface area contributed by atoms with Gasteiger partial charge in [0.1, 0.15) is 12.2 Å². The first-order valence-electron chi connectivity index (χ1n) is 5.41. The third kappa shape index (κ3) is 2.88. The number of hydrogen-bond acceptors (Lipinski definition) is 4. The average Bonchev–Trinajstić information content (AvgIpc) is 2.78. The van der Waals surface area contributed by atoms with E-state index in [1.54, 1.807) is 6.33 Å². The fourth-order valence-electron chi connectivity index (χ4n) is 1.52. The van der Waals surface area contributed by atoms with Crippen LogP contribution in [0.1, 0.15) is 12.7 Å². The fourth-order valence-corrected chi connectivity index (χ4v) is 1.77. The zero-order valence-electron chi connectivity index (χ0n) is 9.54. The zero-order chi connectivity index (χ0) is 12.1. The number of hydrogen-bond donors (Lipinski definition) is 0. The minimum atomic E-state index is 0.498. The number of rotatable bonds is 4. The molecule has 1 aromatic carbocycles. The molecule has 0 unspecified atom stereocenters. The van der Waals surface area contributed by atoms with Gasteiger partial charge in [0.25, 0.3) is 0 Å². The molecule has 1 aromatic heterocycles. The lowest BCUT2D eigenvalue weighted by atomic mass is 10.3. The summed E-state index contributed by atoms with van der Waals surface area (Å²) in [5.74, 6) is 0.787. The molecule has 0 spiro atoms. The van der Waals surface area contributed by atoms with Crippen molar-refractivity contribution in [1.82, 2.24) is 14.8 Å². The van der Waals surface area contributed by atoms with Crippen LogP contribution in [0, 0.1) is 0 Å². The van der Waals surface area contributed by atoms with Crippen LogP contribution in [0.15, 0.2) is 36.7 Å². The summed E-state index contributed by atoms with van der Waals surface area (Å²) >= 11 is 5.11. The molecule has 2 rings (SSSR count). The lowest BCUT2D eigenvalue weighted by Crippen LogP contribution is -2.10. The normalized spacial score (nSPS) is 10.2. The van der Waals surface area contributed by atoms with Crippen LogP contribution in [0.3, 0.4) is 0 Å². The number of nitrogens with zero attached hydrogens (tertiary/aromatic N) is 3. The van der Waals surface area contributed by atoms with Crippen LogP contribution >= 0.6 is 12.2 Å². The van der Waals surface area contributed by atoms with Crippen molar-refractivity contribution in [2.24, 2.45) is 0 Å². The van der Waals surface area contributed by atoms with Crippen LogP contribution in [0.4, 0.5) is 0 Å². The van der Waals surface area contributed by atoms with Gasteiger partial charge in [0, 0.05) is 5.69 Å². The smallest absolute Gasteiger partial charge is 0.167 e. The summed E-state index contributed by atoms with van der Waals surface area (Å²) in [6.45, 7) is 2.49. The van der Waals surface area contributed by atoms with E-state index >= 15 is 0 Å². The molecule has 2 aromatic rings. The van der Waals surface area contributed by atoms with Crippen molar-refractivity contribution in [3.8, 4) is 5.69 Å². The Morgan fingerprint density at radius 1 is 1.35 bits per heavy atom. The van der Waals surface area contributed by atoms with Gasteiger partial charge in [0.2, 0.25) is 0 Å². The molecule has 17 heavy (non-hydrogen) atoms. The third-order valence-corrected chi connectivity index (χ3v) is 2.52. The summed E-state index contributed by atoms with van der Waals surface area (Å²) in [7, 11) is 0. The predicted molar refractivity (Wildman–Crippen MR) is 69.3 cm³/mol. The first-order chi connectivity index (χ1) is 8.31. The monoisotopic (exact) mass is 247 g/mol. The van der Waals surface area contributed by atoms with Crippen molar-refractivity contribution in [3.05, 3.63) is 42.5 Å². The van der Waals surface area contributed by atoms with Crippen LogP contribution < -0.4 is 0 Å². The molecule has 0 aliphatic rings. The summed E-state index contributed by atoms with van der Waals surface area (Å²) < 4.78 is 7.16. The second kappa shape index (κ2) is 5.54. The minimum Gasteiger partial charge on any atom is -0.487 e. The van der Waals surface area contributed by atoms with Crippen molar-refractivity contribution in [3.63, 3.8) is 0 Å². The Bertz CT molecular complexity index is 495. The van der Waals surface area contributed by atoms with Gasteiger partial charge in [0.15, 0.2) is 5.05 Å². The molecule has 5 heteroatoms. The first-order valence-corrected chi connectivity index (χ1v) is 5.82. The highest BCUT2D eigenvalue weighted by molar-refractivity contribution is 7.80. The Kier molecular flexibility index (Phi) is 3.82. The highest BCUT2D eigenvalue weighted by atomic mass is 32.1. The minimum absolute atomic E-state index is 0.498. The molecule has 0 saturated carbocycles. The quantitative estimate of drug-likeness (QED) is 0.776. The van der Waals surface area contributed by atoms with Crippen LogP contribution in [0.2, 0.25) is 0 Å². The second-order valence-corrected chi connectivity index (χ2v) is 3.89. The standard InChI is InChI=1S/C12H13N3OS/c1-2-16-12(17)8-11-14-13-9-15(11)10-6-4-3-5-7-10/h3-7,9H,2,8H2,1H3. The molecule has 0 N–H and O–H groups in total. The first kappa shape index (κ1) is 11.7. The largest absolute Gasteiger partial charge is 0.487 e. The summed E-state index contributed by atoms with van der Waals surface area (Å²) in [5, 5.41) is 8.51. The van der Waals surface area contributed by atoms with Crippen LogP contribution in [0.25, 0.3) is 5.69 Å². The highest BCUT2D eigenvalue weighted by Gasteiger charge is 2.09. The van der Waals surface area contributed by atoms with Crippen molar-refractivity contribution in [2.45, 2.75) is 13.3 Å². The van der Waals surface area contributed by atoms with Gasteiger partial charge in [-0.05, 0) is 31.3 Å². The van der Waals surface area contributed by atoms with Crippen LogP contribution in [-0.2, 0) is 11.2 Å². The average molecular weight is 247 g/mol. The van der Waals surface area contributed by atoms with Crippen molar-refractivity contribution < 1.29 is 4.74 Å². The third-order valence-electron chi connectivity index (χ3n) is 2.26. The molecule has 0 atom stereocenters. The molecular weight excluding hydrogens is 234 g/mol. The van der Waals surface area contributed by atoms with Gasteiger partial charge >= 0.3 is 0 Å². The molecule has 0 bridgehead atoms. The maximum atomic E-state index is 5.26. The number of aromatic nitrogens is 3. The predicted octanol–water partition coefficient (Wildman–Crippen LogP) is 2.17. The lowest BCUT2D eigenvalue weighted by molar-refractivity contribution is 0.329. The fraction of sp³-hybridized carbons (Fsp3) is 0.250. The molecule has 0 fully saturated rings. The van der Waals surface area contributed by atoms with Crippen LogP contribution in [0.5, 0.6) is 0 Å². The molecule has 4 nitrogen and oxygen atoms in total. The highest BCUT2D eigenvalue weighted by Crippen LogP contribution is 2.09.